The zero-order valence-electron chi connectivity index (χ0n) is 16.3. The van der Waals surface area contributed by atoms with E-state index >= 15 is 0 Å². The zero-order chi connectivity index (χ0) is 20.7. The number of carbonyl (C=O) groups excluding carboxylic acids is 3. The minimum atomic E-state index is -0.987. The molecular weight excluding hydrogens is 362 g/mol. The molecule has 0 aliphatic carbocycles. The van der Waals surface area contributed by atoms with E-state index in [0.717, 1.165) is 5.56 Å². The maximum atomic E-state index is 12.1. The van der Waals surface area contributed by atoms with E-state index in [4.69, 9.17) is 14.2 Å². The first-order valence-corrected chi connectivity index (χ1v) is 8.69. The van der Waals surface area contributed by atoms with Gasteiger partial charge in [0, 0.05) is 11.3 Å². The molecule has 0 saturated carbocycles. The molecule has 0 aromatic heterocycles. The largest absolute Gasteiger partial charge is 0.493 e. The number of hydrogen-bond donors (Lipinski definition) is 1. The fourth-order valence-electron chi connectivity index (χ4n) is 2.31. The number of aryl methyl sites for hydroxylation is 1. The molecule has 1 atom stereocenters. The lowest BCUT2D eigenvalue weighted by Gasteiger charge is -2.15. The van der Waals surface area contributed by atoms with Crippen molar-refractivity contribution in [3.8, 4) is 11.5 Å². The number of anilines is 1. The SMILES string of the molecule is COc1cc(C(C)=O)ccc1OCC(=O)O[C@H](C)C(=O)Nc1ccc(C)cc1. The number of nitrogens with one attached hydrogen (secondary N) is 1. The van der Waals surface area contributed by atoms with Crippen LogP contribution in [0, 0.1) is 6.92 Å². The summed E-state index contributed by atoms with van der Waals surface area (Å²) >= 11 is 0. The highest BCUT2D eigenvalue weighted by atomic mass is 16.6. The molecule has 0 aliphatic rings. The van der Waals surface area contributed by atoms with Crippen molar-refractivity contribution in [3.63, 3.8) is 0 Å². The van der Waals surface area contributed by atoms with Gasteiger partial charge >= 0.3 is 5.97 Å². The number of methoxy groups -OCH3 is 1. The van der Waals surface area contributed by atoms with Crippen LogP contribution in [0.4, 0.5) is 5.69 Å². The molecule has 7 nitrogen and oxygen atoms in total. The Kier molecular flexibility index (Phi) is 7.14. The number of Topliss-reactive ketones (excluding diaryl/α,β-unsaturated/α-hetero) is 1. The quantitative estimate of drug-likeness (QED) is 0.554. The van der Waals surface area contributed by atoms with Crippen LogP contribution in [-0.2, 0) is 14.3 Å². The van der Waals surface area contributed by atoms with Crippen LogP contribution in [0.1, 0.15) is 29.8 Å². The summed E-state index contributed by atoms with van der Waals surface area (Å²) in [6.45, 7) is 4.45. The summed E-state index contributed by atoms with van der Waals surface area (Å²) in [5.41, 5.74) is 2.15. The molecule has 7 heteroatoms. The van der Waals surface area contributed by atoms with Gasteiger partial charge in [-0.1, -0.05) is 17.7 Å². The van der Waals surface area contributed by atoms with Crippen molar-refractivity contribution >= 4 is 23.3 Å². The number of hydrogen-bond acceptors (Lipinski definition) is 6. The Labute approximate surface area is 163 Å². The Morgan fingerprint density at radius 3 is 2.32 bits per heavy atom. The summed E-state index contributed by atoms with van der Waals surface area (Å²) in [5, 5.41) is 2.67. The summed E-state index contributed by atoms with van der Waals surface area (Å²) < 4.78 is 15.7. The van der Waals surface area contributed by atoms with Gasteiger partial charge in [0.25, 0.3) is 5.91 Å². The van der Waals surface area contributed by atoms with Gasteiger partial charge in [-0.3, -0.25) is 9.59 Å². The Morgan fingerprint density at radius 2 is 1.71 bits per heavy atom. The summed E-state index contributed by atoms with van der Waals surface area (Å²) in [6, 6.07) is 11.9. The van der Waals surface area contributed by atoms with E-state index in [1.165, 1.54) is 33.1 Å². The maximum Gasteiger partial charge on any atom is 0.344 e. The number of esters is 1. The average molecular weight is 385 g/mol. The molecule has 2 aromatic carbocycles. The van der Waals surface area contributed by atoms with Crippen LogP contribution in [0.2, 0.25) is 0 Å². The molecule has 1 amide bonds. The fourth-order valence-corrected chi connectivity index (χ4v) is 2.31. The van der Waals surface area contributed by atoms with Crippen molar-refractivity contribution in [1.29, 1.82) is 0 Å². The summed E-state index contributed by atoms with van der Waals surface area (Å²) in [7, 11) is 1.43. The zero-order valence-corrected chi connectivity index (χ0v) is 16.3. The van der Waals surface area contributed by atoms with Gasteiger partial charge < -0.3 is 19.5 Å². The number of ketones is 1. The molecule has 148 valence electrons. The van der Waals surface area contributed by atoms with E-state index in [0.29, 0.717) is 22.7 Å². The number of benzene rings is 2. The van der Waals surface area contributed by atoms with E-state index in [1.807, 2.05) is 19.1 Å². The molecule has 0 fully saturated rings. The molecular formula is C21H23NO6. The minimum Gasteiger partial charge on any atom is -0.493 e. The molecule has 0 spiro atoms. The van der Waals surface area contributed by atoms with Crippen molar-refractivity contribution in [1.82, 2.24) is 0 Å². The number of amides is 1. The summed E-state index contributed by atoms with van der Waals surface area (Å²) in [4.78, 5) is 35.5. The molecule has 0 radical (unpaired) electrons. The van der Waals surface area contributed by atoms with Crippen molar-refractivity contribution in [2.24, 2.45) is 0 Å². The predicted molar refractivity (Wildman–Crippen MR) is 104 cm³/mol. The van der Waals surface area contributed by atoms with Gasteiger partial charge in [-0.2, -0.15) is 0 Å². The first-order valence-electron chi connectivity index (χ1n) is 8.69. The van der Waals surface area contributed by atoms with Crippen LogP contribution in [-0.4, -0.2) is 37.5 Å². The van der Waals surface area contributed by atoms with E-state index in [9.17, 15) is 14.4 Å². The molecule has 28 heavy (non-hydrogen) atoms. The third-order valence-electron chi connectivity index (χ3n) is 3.91. The monoisotopic (exact) mass is 385 g/mol. The van der Waals surface area contributed by atoms with Crippen LogP contribution >= 0.6 is 0 Å². The van der Waals surface area contributed by atoms with E-state index in [-0.39, 0.29) is 5.78 Å². The van der Waals surface area contributed by atoms with Gasteiger partial charge in [0.05, 0.1) is 7.11 Å². The Balaban J connectivity index is 1.88. The Bertz CT molecular complexity index is 860. The van der Waals surface area contributed by atoms with Crippen LogP contribution in [0.25, 0.3) is 0 Å². The van der Waals surface area contributed by atoms with Gasteiger partial charge in [0.15, 0.2) is 30.0 Å². The van der Waals surface area contributed by atoms with Crippen molar-refractivity contribution in [2.75, 3.05) is 19.0 Å². The minimum absolute atomic E-state index is 0.113. The lowest BCUT2D eigenvalue weighted by Crippen LogP contribution is -2.31. The van der Waals surface area contributed by atoms with Gasteiger partial charge in [0.1, 0.15) is 0 Å². The topological polar surface area (TPSA) is 90.9 Å². The van der Waals surface area contributed by atoms with Gasteiger partial charge in [0.2, 0.25) is 0 Å². The molecule has 0 aliphatic heterocycles. The molecule has 0 bridgehead atoms. The third-order valence-corrected chi connectivity index (χ3v) is 3.91. The highest BCUT2D eigenvalue weighted by Gasteiger charge is 2.19. The normalized spacial score (nSPS) is 11.3. The molecule has 1 N–H and O–H groups in total. The molecule has 0 saturated heterocycles. The first kappa shape index (κ1) is 21.0. The van der Waals surface area contributed by atoms with E-state index in [1.54, 1.807) is 18.2 Å². The lowest BCUT2D eigenvalue weighted by atomic mass is 10.1. The second kappa shape index (κ2) is 9.55. The van der Waals surface area contributed by atoms with E-state index < -0.39 is 24.6 Å². The van der Waals surface area contributed by atoms with Crippen molar-refractivity contribution in [3.05, 3.63) is 53.6 Å². The Hall–Kier alpha value is -3.35. The maximum absolute atomic E-state index is 12.1. The smallest absolute Gasteiger partial charge is 0.344 e. The third kappa shape index (κ3) is 5.84. The second-order valence-corrected chi connectivity index (χ2v) is 6.20. The van der Waals surface area contributed by atoms with E-state index in [2.05, 4.69) is 5.32 Å². The second-order valence-electron chi connectivity index (χ2n) is 6.20. The standard InChI is InChI=1S/C21H23NO6/c1-13-5-8-17(9-6-13)22-21(25)15(3)28-20(24)12-27-18-10-7-16(14(2)23)11-19(18)26-4/h5-11,15H,12H2,1-4H3,(H,22,25)/t15-/m1/s1. The summed E-state index contributed by atoms with van der Waals surface area (Å²) in [6.07, 6.45) is -0.987. The molecule has 0 unspecified atom stereocenters. The number of ether oxygens (including phenoxy) is 3. The molecule has 0 heterocycles. The number of carbonyl (C=O) groups is 3. The summed E-state index contributed by atoms with van der Waals surface area (Å²) in [5.74, 6) is -0.644. The van der Waals surface area contributed by atoms with Crippen LogP contribution in [0.5, 0.6) is 11.5 Å². The molecule has 2 aromatic rings. The highest BCUT2D eigenvalue weighted by Crippen LogP contribution is 2.28. The average Bonchev–Trinajstić information content (AvgIpc) is 2.67. The molecule has 2 rings (SSSR count). The fraction of sp³-hybridized carbons (Fsp3) is 0.286. The van der Waals surface area contributed by atoms with Crippen molar-refractivity contribution in [2.45, 2.75) is 26.9 Å². The predicted octanol–water partition coefficient (Wildman–Crippen LogP) is 3.16. The highest BCUT2D eigenvalue weighted by molar-refractivity contribution is 5.95. The van der Waals surface area contributed by atoms with Gasteiger partial charge in [-0.25, -0.2) is 4.79 Å². The Morgan fingerprint density at radius 1 is 1.04 bits per heavy atom. The van der Waals surface area contributed by atoms with Gasteiger partial charge in [-0.15, -0.1) is 0 Å². The van der Waals surface area contributed by atoms with Crippen LogP contribution < -0.4 is 14.8 Å². The van der Waals surface area contributed by atoms with Crippen molar-refractivity contribution < 1.29 is 28.6 Å². The van der Waals surface area contributed by atoms with Crippen LogP contribution in [0.15, 0.2) is 42.5 Å². The first-order chi connectivity index (χ1) is 13.3. The number of rotatable bonds is 8. The lowest BCUT2D eigenvalue weighted by molar-refractivity contribution is -0.155. The van der Waals surface area contributed by atoms with Crippen LogP contribution in [0.3, 0.4) is 0 Å². The van der Waals surface area contributed by atoms with Gasteiger partial charge in [-0.05, 0) is 51.1 Å².